The number of ether oxygens (including phenoxy) is 2. The normalized spacial score (nSPS) is 12.1. The van der Waals surface area contributed by atoms with Gasteiger partial charge < -0.3 is 9.47 Å². The molecule has 0 spiro atoms. The largest absolute Gasteiger partial charge is 0.490 e. The minimum Gasteiger partial charge on any atom is -0.490 e. The molecule has 172 valence electrons. The average Bonchev–Trinajstić information content (AvgIpc) is 3.39. The summed E-state index contributed by atoms with van der Waals surface area (Å²) in [6, 6.07) is 28.1. The highest BCUT2D eigenvalue weighted by atomic mass is 32.1. The van der Waals surface area contributed by atoms with Crippen LogP contribution in [0.1, 0.15) is 18.1 Å². The van der Waals surface area contributed by atoms with E-state index in [1.807, 2.05) is 67.6 Å². The molecule has 0 radical (unpaired) electrons. The number of hydrogen-bond acceptors (Lipinski definition) is 5. The van der Waals surface area contributed by atoms with E-state index in [-0.39, 0.29) is 5.56 Å². The molecule has 0 atom stereocenters. The van der Waals surface area contributed by atoms with Gasteiger partial charge in [-0.05, 0) is 65.2 Å². The lowest BCUT2D eigenvalue weighted by atomic mass is 10.1. The summed E-state index contributed by atoms with van der Waals surface area (Å²) in [5, 5.41) is 2.39. The van der Waals surface area contributed by atoms with Gasteiger partial charge in [0.1, 0.15) is 6.61 Å². The molecule has 6 aromatic rings. The fourth-order valence-corrected chi connectivity index (χ4v) is 5.24. The molecule has 0 aliphatic carbocycles. The van der Waals surface area contributed by atoms with E-state index in [1.54, 1.807) is 4.40 Å². The Morgan fingerprint density at radius 2 is 1.71 bits per heavy atom. The second-order valence-corrected chi connectivity index (χ2v) is 9.25. The highest BCUT2D eigenvalue weighted by Gasteiger charge is 2.12. The van der Waals surface area contributed by atoms with Crippen molar-refractivity contribution in [1.29, 1.82) is 0 Å². The van der Waals surface area contributed by atoms with Crippen molar-refractivity contribution in [3.8, 4) is 11.5 Å². The van der Waals surface area contributed by atoms with Crippen molar-refractivity contribution < 1.29 is 9.47 Å². The number of thiazole rings is 1. The van der Waals surface area contributed by atoms with Crippen molar-refractivity contribution in [3.05, 3.63) is 111 Å². The molecule has 5 nitrogen and oxygen atoms in total. The number of imidazole rings is 1. The van der Waals surface area contributed by atoms with E-state index in [9.17, 15) is 4.79 Å². The molecule has 0 amide bonds. The van der Waals surface area contributed by atoms with Crippen LogP contribution in [0.5, 0.6) is 11.5 Å². The first-order chi connectivity index (χ1) is 17.2. The highest BCUT2D eigenvalue weighted by molar-refractivity contribution is 7.15. The lowest BCUT2D eigenvalue weighted by Crippen LogP contribution is -2.22. The van der Waals surface area contributed by atoms with E-state index in [4.69, 9.17) is 9.47 Å². The third-order valence-corrected chi connectivity index (χ3v) is 6.89. The maximum Gasteiger partial charge on any atom is 0.274 e. The Bertz CT molecular complexity index is 1800. The molecule has 6 heteroatoms. The summed E-state index contributed by atoms with van der Waals surface area (Å²) in [5.41, 5.74) is 3.56. The van der Waals surface area contributed by atoms with Gasteiger partial charge in [0, 0.05) is 0 Å². The molecule has 0 aliphatic rings. The molecule has 0 unspecified atom stereocenters. The van der Waals surface area contributed by atoms with E-state index in [2.05, 4.69) is 35.3 Å². The Labute approximate surface area is 205 Å². The zero-order valence-corrected chi connectivity index (χ0v) is 19.9. The summed E-state index contributed by atoms with van der Waals surface area (Å²) in [7, 11) is 0. The third-order valence-electron chi connectivity index (χ3n) is 5.92. The Hall–Kier alpha value is -4.16. The number of hydrogen-bond donors (Lipinski definition) is 0. The van der Waals surface area contributed by atoms with Crippen LogP contribution in [-0.2, 0) is 6.61 Å². The SMILES string of the molecule is CCOc1cc(C=c2sc3nc4ccccc4n3c2=O)ccc1OCc1ccc2ccccc2c1. The van der Waals surface area contributed by atoms with Gasteiger partial charge in [-0.3, -0.25) is 4.79 Å². The Kier molecular flexibility index (Phi) is 5.43. The van der Waals surface area contributed by atoms with Gasteiger partial charge in [-0.25, -0.2) is 9.38 Å². The number of rotatable bonds is 6. The van der Waals surface area contributed by atoms with Gasteiger partial charge in [-0.15, -0.1) is 0 Å². The second kappa shape index (κ2) is 8.89. The Morgan fingerprint density at radius 1 is 0.886 bits per heavy atom. The zero-order chi connectivity index (χ0) is 23.8. The molecule has 0 bridgehead atoms. The van der Waals surface area contributed by atoms with Gasteiger partial charge in [-0.1, -0.05) is 65.9 Å². The number of aromatic nitrogens is 2. The fourth-order valence-electron chi connectivity index (χ4n) is 4.26. The quantitative estimate of drug-likeness (QED) is 0.313. The van der Waals surface area contributed by atoms with Gasteiger partial charge in [-0.2, -0.15) is 0 Å². The van der Waals surface area contributed by atoms with E-state index in [0.717, 1.165) is 22.2 Å². The van der Waals surface area contributed by atoms with Crippen LogP contribution in [0, 0.1) is 0 Å². The molecule has 0 saturated carbocycles. The topological polar surface area (TPSA) is 52.8 Å². The van der Waals surface area contributed by atoms with Gasteiger partial charge in [0.05, 0.1) is 22.2 Å². The maximum atomic E-state index is 13.1. The molecule has 6 rings (SSSR count). The van der Waals surface area contributed by atoms with Crippen molar-refractivity contribution in [1.82, 2.24) is 9.38 Å². The molecule has 0 saturated heterocycles. The van der Waals surface area contributed by atoms with Gasteiger partial charge >= 0.3 is 0 Å². The molecular weight excluding hydrogens is 456 g/mol. The summed E-state index contributed by atoms with van der Waals surface area (Å²) in [6.07, 6.45) is 1.88. The molecule has 4 aromatic carbocycles. The molecule has 0 N–H and O–H groups in total. The average molecular weight is 479 g/mol. The summed E-state index contributed by atoms with van der Waals surface area (Å²) >= 11 is 1.39. The first-order valence-electron chi connectivity index (χ1n) is 11.5. The molecule has 2 aromatic heterocycles. The van der Waals surface area contributed by atoms with Crippen LogP contribution in [0.4, 0.5) is 0 Å². The first kappa shape index (κ1) is 21.4. The highest BCUT2D eigenvalue weighted by Crippen LogP contribution is 2.30. The molecule has 35 heavy (non-hydrogen) atoms. The predicted molar refractivity (Wildman–Crippen MR) is 142 cm³/mol. The molecule has 2 heterocycles. The molecule has 0 aliphatic heterocycles. The lowest BCUT2D eigenvalue weighted by molar-refractivity contribution is 0.269. The van der Waals surface area contributed by atoms with E-state index >= 15 is 0 Å². The van der Waals surface area contributed by atoms with Crippen molar-refractivity contribution >= 4 is 44.2 Å². The van der Waals surface area contributed by atoms with Crippen molar-refractivity contribution in [2.75, 3.05) is 6.61 Å². The van der Waals surface area contributed by atoms with Crippen LogP contribution in [-0.4, -0.2) is 16.0 Å². The minimum atomic E-state index is -0.0618. The monoisotopic (exact) mass is 478 g/mol. The predicted octanol–water partition coefficient (Wildman–Crippen LogP) is 5.59. The lowest BCUT2D eigenvalue weighted by Gasteiger charge is -2.13. The number of benzene rings is 4. The van der Waals surface area contributed by atoms with Crippen LogP contribution < -0.4 is 19.6 Å². The Morgan fingerprint density at radius 3 is 2.60 bits per heavy atom. The smallest absolute Gasteiger partial charge is 0.274 e. The zero-order valence-electron chi connectivity index (χ0n) is 19.1. The summed E-state index contributed by atoms with van der Waals surface area (Å²) < 4.78 is 14.3. The fraction of sp³-hybridized carbons (Fsp3) is 0.103. The first-order valence-corrected chi connectivity index (χ1v) is 12.3. The van der Waals surface area contributed by atoms with Crippen LogP contribution in [0.2, 0.25) is 0 Å². The van der Waals surface area contributed by atoms with Crippen LogP contribution in [0.25, 0.3) is 32.8 Å². The third kappa shape index (κ3) is 4.02. The summed E-state index contributed by atoms with van der Waals surface area (Å²) in [5.74, 6) is 1.33. The van der Waals surface area contributed by atoms with E-state index in [1.165, 1.54) is 22.1 Å². The van der Waals surface area contributed by atoms with Crippen molar-refractivity contribution in [3.63, 3.8) is 0 Å². The van der Waals surface area contributed by atoms with E-state index < -0.39 is 0 Å². The Balaban J connectivity index is 1.31. The van der Waals surface area contributed by atoms with Gasteiger partial charge in [0.15, 0.2) is 16.5 Å². The standard InChI is InChI=1S/C29H22N2O3S/c1-2-33-26-16-19(17-27-28(32)31-24-10-6-5-9-23(24)30-29(31)35-27)12-14-25(26)34-18-20-11-13-21-7-3-4-8-22(21)15-20/h3-17H,2,18H2,1H3. The van der Waals surface area contributed by atoms with Gasteiger partial charge in [0.25, 0.3) is 5.56 Å². The number of fused-ring (bicyclic) bond motifs is 4. The molecule has 0 fully saturated rings. The van der Waals surface area contributed by atoms with Crippen LogP contribution in [0.15, 0.2) is 89.7 Å². The number of nitrogens with zero attached hydrogens (tertiary/aromatic N) is 2. The number of para-hydroxylation sites is 2. The minimum absolute atomic E-state index is 0.0618. The van der Waals surface area contributed by atoms with Crippen molar-refractivity contribution in [2.45, 2.75) is 13.5 Å². The van der Waals surface area contributed by atoms with Crippen molar-refractivity contribution in [2.24, 2.45) is 0 Å². The van der Waals surface area contributed by atoms with E-state index in [0.29, 0.717) is 34.2 Å². The van der Waals surface area contributed by atoms with Gasteiger partial charge in [0.2, 0.25) is 0 Å². The maximum absolute atomic E-state index is 13.1. The second-order valence-electron chi connectivity index (χ2n) is 8.24. The van der Waals surface area contributed by atoms with Crippen LogP contribution >= 0.6 is 11.3 Å². The van der Waals surface area contributed by atoms with Crippen LogP contribution in [0.3, 0.4) is 0 Å². The molecular formula is C29H22N2O3S. The summed E-state index contributed by atoms with van der Waals surface area (Å²) in [6.45, 7) is 2.90. The summed E-state index contributed by atoms with van der Waals surface area (Å²) in [4.78, 5) is 18.4.